The molecular weight excluding hydrogens is 428 g/mol. The minimum Gasteiger partial charge on any atom is -0.0622 e. The molecule has 0 aliphatic heterocycles. The smallest absolute Gasteiger partial charge is 0.0622 e. The van der Waals surface area contributed by atoms with Gasteiger partial charge in [0.1, 0.15) is 0 Å². The van der Waals surface area contributed by atoms with Crippen LogP contribution in [-0.2, 0) is 5.41 Å². The second kappa shape index (κ2) is 6.68. The quantitative estimate of drug-likeness (QED) is 0.253. The molecule has 0 spiro atoms. The highest BCUT2D eigenvalue weighted by atomic mass is 79.9. The van der Waals surface area contributed by atoms with Crippen LogP contribution in [0.5, 0.6) is 0 Å². The Hall–Kier alpha value is -3.16. The van der Waals surface area contributed by atoms with Crippen LogP contribution in [0, 0.1) is 0 Å². The molecule has 0 fully saturated rings. The Bertz CT molecular complexity index is 1380. The summed E-state index contributed by atoms with van der Waals surface area (Å²) in [6.07, 6.45) is 0. The molecule has 1 heteroatoms. The average Bonchev–Trinajstić information content (AvgIpc) is 3.09. The summed E-state index contributed by atoms with van der Waals surface area (Å²) >= 11 is 3.62. The average molecular weight is 447 g/mol. The third-order valence-corrected chi connectivity index (χ3v) is 6.92. The number of hydrogen-bond donors (Lipinski definition) is 0. The maximum atomic E-state index is 3.62. The van der Waals surface area contributed by atoms with Crippen molar-refractivity contribution in [3.8, 4) is 11.1 Å². The van der Waals surface area contributed by atoms with Crippen molar-refractivity contribution in [2.45, 2.75) is 5.41 Å². The Kier molecular flexibility index (Phi) is 3.94. The van der Waals surface area contributed by atoms with E-state index in [1.807, 2.05) is 0 Å². The van der Waals surface area contributed by atoms with E-state index < -0.39 is 0 Å². The van der Waals surface area contributed by atoms with Gasteiger partial charge >= 0.3 is 0 Å². The van der Waals surface area contributed by atoms with Gasteiger partial charge in [-0.1, -0.05) is 107 Å². The third-order valence-electron chi connectivity index (χ3n) is 6.40. The van der Waals surface area contributed by atoms with Crippen LogP contribution in [0.3, 0.4) is 0 Å². The molecule has 6 rings (SSSR count). The molecule has 0 amide bonds. The van der Waals surface area contributed by atoms with Crippen molar-refractivity contribution >= 4 is 26.7 Å². The molecule has 1 aliphatic carbocycles. The van der Waals surface area contributed by atoms with Crippen molar-refractivity contribution in [3.05, 3.63) is 142 Å². The number of halogens is 1. The minimum atomic E-state index is -0.335. The third kappa shape index (κ3) is 2.39. The molecule has 1 aliphatic rings. The van der Waals surface area contributed by atoms with Crippen molar-refractivity contribution in [3.63, 3.8) is 0 Å². The lowest BCUT2D eigenvalue weighted by Crippen LogP contribution is -2.28. The molecule has 1 unspecified atom stereocenters. The Morgan fingerprint density at radius 3 is 1.83 bits per heavy atom. The first kappa shape index (κ1) is 17.7. The van der Waals surface area contributed by atoms with Crippen LogP contribution in [0.25, 0.3) is 21.9 Å². The predicted octanol–water partition coefficient (Wildman–Crippen LogP) is 7.97. The zero-order valence-electron chi connectivity index (χ0n) is 16.3. The Labute approximate surface area is 185 Å². The molecule has 0 aromatic heterocycles. The minimum absolute atomic E-state index is 0.335. The fourth-order valence-corrected chi connectivity index (χ4v) is 5.40. The summed E-state index contributed by atoms with van der Waals surface area (Å²) in [4.78, 5) is 0. The maximum absolute atomic E-state index is 3.62. The van der Waals surface area contributed by atoms with E-state index in [2.05, 4.69) is 131 Å². The largest absolute Gasteiger partial charge is 0.0713 e. The van der Waals surface area contributed by atoms with Gasteiger partial charge in [-0.15, -0.1) is 0 Å². The normalized spacial score (nSPS) is 17.0. The van der Waals surface area contributed by atoms with Gasteiger partial charge in [-0.05, 0) is 68.4 Å². The second-order valence-electron chi connectivity index (χ2n) is 7.91. The van der Waals surface area contributed by atoms with Gasteiger partial charge in [0, 0.05) is 4.47 Å². The maximum Gasteiger partial charge on any atom is 0.0713 e. The van der Waals surface area contributed by atoms with Crippen molar-refractivity contribution < 1.29 is 0 Å². The van der Waals surface area contributed by atoms with Crippen molar-refractivity contribution in [1.29, 1.82) is 0 Å². The van der Waals surface area contributed by atoms with Crippen LogP contribution in [0.15, 0.2) is 120 Å². The standard InChI is InChI=1S/C29H19Br/c30-24-16-14-23(15-17-24)29(22-10-2-1-3-11-22)27-13-7-6-12-25(27)26-18-20-8-4-5-9-21(20)19-28(26)29/h1-19H. The van der Waals surface area contributed by atoms with Gasteiger partial charge in [0.15, 0.2) is 0 Å². The monoisotopic (exact) mass is 446 g/mol. The molecule has 30 heavy (non-hydrogen) atoms. The lowest BCUT2D eigenvalue weighted by molar-refractivity contribution is 0.769. The van der Waals surface area contributed by atoms with Crippen molar-refractivity contribution in [2.24, 2.45) is 0 Å². The van der Waals surface area contributed by atoms with Crippen LogP contribution in [0.1, 0.15) is 22.3 Å². The Morgan fingerprint density at radius 1 is 0.467 bits per heavy atom. The zero-order valence-corrected chi connectivity index (χ0v) is 17.9. The zero-order chi connectivity index (χ0) is 20.1. The van der Waals surface area contributed by atoms with Crippen LogP contribution < -0.4 is 0 Å². The Balaban J connectivity index is 1.82. The highest BCUT2D eigenvalue weighted by Gasteiger charge is 2.46. The lowest BCUT2D eigenvalue weighted by Gasteiger charge is -2.34. The van der Waals surface area contributed by atoms with E-state index >= 15 is 0 Å². The number of rotatable bonds is 2. The molecule has 0 heterocycles. The molecule has 5 aromatic rings. The van der Waals surface area contributed by atoms with E-state index in [1.54, 1.807) is 0 Å². The lowest BCUT2D eigenvalue weighted by atomic mass is 9.67. The summed E-state index contributed by atoms with van der Waals surface area (Å²) in [5.74, 6) is 0. The van der Waals surface area contributed by atoms with Gasteiger partial charge in [-0.2, -0.15) is 0 Å². The molecular formula is C29H19Br. The van der Waals surface area contributed by atoms with Gasteiger partial charge in [0.25, 0.3) is 0 Å². The summed E-state index contributed by atoms with van der Waals surface area (Å²) < 4.78 is 1.10. The van der Waals surface area contributed by atoms with Gasteiger partial charge in [-0.3, -0.25) is 0 Å². The van der Waals surface area contributed by atoms with E-state index in [1.165, 1.54) is 44.2 Å². The molecule has 0 nitrogen and oxygen atoms in total. The SMILES string of the molecule is Brc1ccc(C2(c3ccccc3)c3ccccc3-c3cc4ccccc4cc32)cc1. The van der Waals surface area contributed by atoms with Gasteiger partial charge in [0.05, 0.1) is 5.41 Å². The molecule has 1 atom stereocenters. The van der Waals surface area contributed by atoms with Gasteiger partial charge in [-0.25, -0.2) is 0 Å². The summed E-state index contributed by atoms with van der Waals surface area (Å²) in [7, 11) is 0. The highest BCUT2D eigenvalue weighted by molar-refractivity contribution is 9.10. The summed E-state index contributed by atoms with van der Waals surface area (Å²) in [5.41, 5.74) is 7.62. The van der Waals surface area contributed by atoms with Gasteiger partial charge in [0.2, 0.25) is 0 Å². The topological polar surface area (TPSA) is 0 Å². The number of hydrogen-bond acceptors (Lipinski definition) is 0. The first-order valence-electron chi connectivity index (χ1n) is 10.2. The van der Waals surface area contributed by atoms with Crippen molar-refractivity contribution in [1.82, 2.24) is 0 Å². The summed E-state index contributed by atoms with van der Waals surface area (Å²) in [6.45, 7) is 0. The Morgan fingerprint density at radius 2 is 1.07 bits per heavy atom. The molecule has 0 bridgehead atoms. The van der Waals surface area contributed by atoms with Crippen LogP contribution >= 0.6 is 15.9 Å². The fraction of sp³-hybridized carbons (Fsp3) is 0.0345. The first-order valence-corrected chi connectivity index (χ1v) is 11.0. The van der Waals surface area contributed by atoms with E-state index in [4.69, 9.17) is 0 Å². The van der Waals surface area contributed by atoms with Gasteiger partial charge < -0.3 is 0 Å². The molecule has 0 radical (unpaired) electrons. The van der Waals surface area contributed by atoms with E-state index in [0.29, 0.717) is 0 Å². The van der Waals surface area contributed by atoms with E-state index in [9.17, 15) is 0 Å². The van der Waals surface area contributed by atoms with Crippen LogP contribution in [0.4, 0.5) is 0 Å². The van der Waals surface area contributed by atoms with E-state index in [-0.39, 0.29) is 5.41 Å². The van der Waals surface area contributed by atoms with Crippen LogP contribution in [-0.4, -0.2) is 0 Å². The number of benzene rings is 5. The van der Waals surface area contributed by atoms with Crippen molar-refractivity contribution in [2.75, 3.05) is 0 Å². The van der Waals surface area contributed by atoms with E-state index in [0.717, 1.165) is 4.47 Å². The molecule has 0 saturated carbocycles. The fourth-order valence-electron chi connectivity index (χ4n) is 5.14. The van der Waals surface area contributed by atoms with Crippen LogP contribution in [0.2, 0.25) is 0 Å². The highest BCUT2D eigenvalue weighted by Crippen LogP contribution is 2.56. The molecule has 0 N–H and O–H groups in total. The molecule has 0 saturated heterocycles. The molecule has 5 aromatic carbocycles. The first-order chi connectivity index (χ1) is 14.8. The predicted molar refractivity (Wildman–Crippen MR) is 129 cm³/mol. The summed E-state index contributed by atoms with van der Waals surface area (Å²) in [5, 5.41) is 2.56. The second-order valence-corrected chi connectivity index (χ2v) is 8.83. The summed E-state index contributed by atoms with van der Waals surface area (Å²) in [6, 6.07) is 42.1. The number of fused-ring (bicyclic) bond motifs is 4. The molecule has 142 valence electrons.